The molecule has 0 saturated heterocycles. The fraction of sp³-hybridized carbons (Fsp3) is 0.0909. The van der Waals surface area contributed by atoms with Crippen LogP contribution >= 0.6 is 7.81 Å². The van der Waals surface area contributed by atoms with E-state index in [2.05, 4.69) is 0 Å². The Bertz CT molecular complexity index is 303. The van der Waals surface area contributed by atoms with Crippen molar-refractivity contribution in [3.8, 4) is 0 Å². The van der Waals surface area contributed by atoms with Gasteiger partial charge in [-0.05, 0) is 0 Å². The molecule has 0 spiro atoms. The van der Waals surface area contributed by atoms with Crippen LogP contribution in [-0.4, -0.2) is 0 Å². The fourth-order valence-corrected chi connectivity index (χ4v) is 0.642. The summed E-state index contributed by atoms with van der Waals surface area (Å²) in [6.07, 6.45) is 0. The summed E-state index contributed by atoms with van der Waals surface area (Å²) in [7, 11) is -10.7. The quantitative estimate of drug-likeness (QED) is 0.278. The van der Waals surface area contributed by atoms with Crippen molar-refractivity contribution < 1.29 is 42.0 Å². The van der Waals surface area contributed by atoms with Crippen LogP contribution < -0.4 is 0 Å². The van der Waals surface area contributed by atoms with E-state index in [9.17, 15) is 25.2 Å². The molecule has 2 aromatic rings. The van der Waals surface area contributed by atoms with Gasteiger partial charge < -0.3 is 0 Å². The third-order valence-electron chi connectivity index (χ3n) is 1.11. The van der Waals surface area contributed by atoms with Crippen molar-refractivity contribution in [2.75, 3.05) is 0 Å². The molecule has 0 atom stereocenters. The summed E-state index contributed by atoms with van der Waals surface area (Å²) in [6, 6.07) is 20.0. The maximum Gasteiger partial charge on any atom is 3.00 e. The second kappa shape index (κ2) is 7.72. The maximum absolute atomic E-state index is 10.7. The van der Waals surface area contributed by atoms with Crippen molar-refractivity contribution in [1.29, 1.82) is 0 Å². The number of hydrogen-bond acceptors (Lipinski definition) is 0. The molecule has 0 fully saturated rings. The topological polar surface area (TPSA) is 0 Å². The number of hydrogen-bond donors (Lipinski definition) is 0. The summed E-state index contributed by atoms with van der Waals surface area (Å²) in [5.41, 5.74) is 0. The zero-order chi connectivity index (χ0) is 13.5. The van der Waals surface area contributed by atoms with E-state index >= 15 is 0 Å². The largest absolute Gasteiger partial charge is 3.00 e. The molecule has 0 heterocycles. The van der Waals surface area contributed by atoms with Gasteiger partial charge in [0, 0.05) is 0 Å². The number of halogens is 6. The standard InChI is InChI=1S/2C5H5.CH4.Co.F6P/c2*1-2-4-5-3-1;;;1-7(2,3,4,5)6/h2*1-5H;1H4;;/q2*-1;;+3;-1. The molecule has 0 aliphatic carbocycles. The smallest absolute Gasteiger partial charge is 0.214 e. The predicted octanol–water partition coefficient (Wildman–Crippen LogP) is 6.83. The zero-order valence-corrected chi connectivity index (χ0v) is 10.8. The van der Waals surface area contributed by atoms with Crippen LogP contribution in [0.15, 0.2) is 60.7 Å². The van der Waals surface area contributed by atoms with Gasteiger partial charge in [-0.15, -0.1) is 0 Å². The Kier molecular flexibility index (Phi) is 9.48. The van der Waals surface area contributed by atoms with Crippen LogP contribution in [0.5, 0.6) is 0 Å². The Hall–Kier alpha value is -0.784. The Labute approximate surface area is 118 Å². The van der Waals surface area contributed by atoms with Gasteiger partial charge in [0.2, 0.25) is 0 Å². The minimum Gasteiger partial charge on any atom is -0.214 e. The molecule has 0 nitrogen and oxygen atoms in total. The summed E-state index contributed by atoms with van der Waals surface area (Å²) in [4.78, 5) is 0. The van der Waals surface area contributed by atoms with Gasteiger partial charge in [0.15, 0.2) is 0 Å². The van der Waals surface area contributed by atoms with Crippen molar-refractivity contribution in [3.05, 3.63) is 60.7 Å². The van der Waals surface area contributed by atoms with Crippen LogP contribution in [0.2, 0.25) is 0 Å². The van der Waals surface area contributed by atoms with Crippen LogP contribution in [0.3, 0.4) is 0 Å². The molecule has 0 aromatic heterocycles. The number of rotatable bonds is 0. The van der Waals surface area contributed by atoms with E-state index in [1.807, 2.05) is 60.7 Å². The molecule has 0 amide bonds. The van der Waals surface area contributed by atoms with Gasteiger partial charge in [-0.3, -0.25) is 0 Å². The summed E-state index contributed by atoms with van der Waals surface area (Å²) < 4.78 is 59.2. The molecular formula is C11H14CoF6P. The normalized spacial score (nSPS) is 12.7. The van der Waals surface area contributed by atoms with Gasteiger partial charge in [-0.25, -0.2) is 24.3 Å². The van der Waals surface area contributed by atoms with Crippen LogP contribution in [0.4, 0.5) is 25.2 Å². The van der Waals surface area contributed by atoms with Crippen molar-refractivity contribution in [2.24, 2.45) is 0 Å². The Balaban J connectivity index is -0.000000194. The monoisotopic (exact) mass is 350 g/mol. The van der Waals surface area contributed by atoms with Crippen LogP contribution in [0.1, 0.15) is 7.43 Å². The van der Waals surface area contributed by atoms with E-state index < -0.39 is 7.81 Å². The summed E-state index contributed by atoms with van der Waals surface area (Å²) in [6.45, 7) is 0. The van der Waals surface area contributed by atoms with E-state index in [4.69, 9.17) is 0 Å². The minimum atomic E-state index is -10.7. The minimum absolute atomic E-state index is 0. The summed E-state index contributed by atoms with van der Waals surface area (Å²) in [5, 5.41) is 0. The molecule has 2 aromatic carbocycles. The van der Waals surface area contributed by atoms with E-state index in [0.717, 1.165) is 0 Å². The van der Waals surface area contributed by atoms with Gasteiger partial charge in [0.1, 0.15) is 0 Å². The first kappa shape index (κ1) is 23.3. The predicted molar refractivity (Wildman–Crippen MR) is 64.4 cm³/mol. The average molecular weight is 350 g/mol. The SMILES string of the molecule is C.F[P-](F)(F)(F)(F)F.[Co+3].c1cc[cH-]c1.c1cc[cH-]c1. The van der Waals surface area contributed by atoms with E-state index in [0.29, 0.717) is 0 Å². The zero-order valence-electron chi connectivity index (χ0n) is 8.82. The van der Waals surface area contributed by atoms with Crippen molar-refractivity contribution in [3.63, 3.8) is 0 Å². The molecule has 0 saturated carbocycles. The van der Waals surface area contributed by atoms with Crippen molar-refractivity contribution in [2.45, 2.75) is 7.43 Å². The molecule has 0 radical (unpaired) electrons. The Morgan fingerprint density at radius 1 is 0.579 bits per heavy atom. The molecule has 8 heteroatoms. The third kappa shape index (κ3) is 46.9. The summed E-state index contributed by atoms with van der Waals surface area (Å²) in [5.74, 6) is 0. The Morgan fingerprint density at radius 3 is 0.789 bits per heavy atom. The van der Waals surface area contributed by atoms with E-state index in [1.165, 1.54) is 0 Å². The molecule has 114 valence electrons. The molecule has 0 aliphatic rings. The molecule has 0 N–H and O–H groups in total. The first-order valence-electron chi connectivity index (χ1n) is 4.35. The molecule has 19 heavy (non-hydrogen) atoms. The maximum atomic E-state index is 9.87. The first-order valence-corrected chi connectivity index (χ1v) is 6.38. The van der Waals surface area contributed by atoms with Gasteiger partial charge in [-0.2, -0.15) is 36.4 Å². The van der Waals surface area contributed by atoms with Crippen molar-refractivity contribution >= 4 is 7.81 Å². The fourth-order valence-electron chi connectivity index (χ4n) is 0.642. The third-order valence-corrected chi connectivity index (χ3v) is 1.11. The first-order chi connectivity index (χ1) is 7.45. The van der Waals surface area contributed by atoms with Crippen LogP contribution in [-0.2, 0) is 16.8 Å². The second-order valence-electron chi connectivity index (χ2n) is 2.88. The molecular weight excluding hydrogens is 336 g/mol. The van der Waals surface area contributed by atoms with E-state index in [1.54, 1.807) is 0 Å². The molecule has 0 aliphatic heterocycles. The van der Waals surface area contributed by atoms with Crippen LogP contribution in [0.25, 0.3) is 0 Å². The Morgan fingerprint density at radius 2 is 0.737 bits per heavy atom. The average Bonchev–Trinajstić information content (AvgIpc) is 2.78. The van der Waals surface area contributed by atoms with E-state index in [-0.39, 0.29) is 24.2 Å². The van der Waals surface area contributed by atoms with Crippen molar-refractivity contribution in [1.82, 2.24) is 0 Å². The van der Waals surface area contributed by atoms with Gasteiger partial charge in [0.25, 0.3) is 0 Å². The van der Waals surface area contributed by atoms with Gasteiger partial charge >= 0.3 is 49.8 Å². The molecule has 0 unspecified atom stereocenters. The molecule has 2 rings (SSSR count). The summed E-state index contributed by atoms with van der Waals surface area (Å²) >= 11 is 0. The second-order valence-corrected chi connectivity index (χ2v) is 4.80. The van der Waals surface area contributed by atoms with Crippen LogP contribution in [0, 0.1) is 0 Å². The molecule has 0 bridgehead atoms. The van der Waals surface area contributed by atoms with Gasteiger partial charge in [0.05, 0.1) is 0 Å². The van der Waals surface area contributed by atoms with Gasteiger partial charge in [-0.1, -0.05) is 7.43 Å².